The molecule has 3 aromatic carbocycles. The summed E-state index contributed by atoms with van der Waals surface area (Å²) < 4.78 is 0. The zero-order valence-corrected chi connectivity index (χ0v) is 21.6. The van der Waals surface area contributed by atoms with Crippen molar-refractivity contribution >= 4 is 51.4 Å². The zero-order valence-electron chi connectivity index (χ0n) is 20.8. The van der Waals surface area contributed by atoms with Crippen molar-refractivity contribution < 1.29 is 9.59 Å². The van der Waals surface area contributed by atoms with E-state index in [1.54, 1.807) is 15.9 Å². The van der Waals surface area contributed by atoms with Crippen LogP contribution in [0.5, 0.6) is 0 Å². The molecular weight excluding hydrogens is 466 g/mol. The number of anilines is 2. The molecule has 0 atom stereocenters. The van der Waals surface area contributed by atoms with Gasteiger partial charge in [0.1, 0.15) is 0 Å². The van der Waals surface area contributed by atoms with Crippen LogP contribution in [0.3, 0.4) is 0 Å². The number of para-hydroxylation sites is 1. The molecule has 1 saturated heterocycles. The minimum Gasteiger partial charge on any atom is -0.304 e. The van der Waals surface area contributed by atoms with Crippen LogP contribution < -0.4 is 9.80 Å². The van der Waals surface area contributed by atoms with Crippen LogP contribution in [-0.4, -0.2) is 23.5 Å². The van der Waals surface area contributed by atoms with Gasteiger partial charge in [-0.25, -0.2) is 4.99 Å². The Morgan fingerprint density at radius 3 is 2.11 bits per heavy atom. The summed E-state index contributed by atoms with van der Waals surface area (Å²) in [6.45, 7) is 12.2. The van der Waals surface area contributed by atoms with Gasteiger partial charge in [0.15, 0.2) is 5.17 Å². The second-order valence-corrected chi connectivity index (χ2v) is 10.2. The van der Waals surface area contributed by atoms with Crippen LogP contribution in [0, 0.1) is 27.7 Å². The van der Waals surface area contributed by atoms with Crippen LogP contribution in [0.4, 0.5) is 17.1 Å². The second kappa shape index (κ2) is 9.28. The van der Waals surface area contributed by atoms with Gasteiger partial charge < -0.3 is 4.90 Å². The van der Waals surface area contributed by atoms with E-state index in [1.165, 1.54) is 11.8 Å². The molecule has 2 heterocycles. The minimum absolute atomic E-state index is 0.194. The number of carbonyl (C=O) groups excluding carboxylic acids is 2. The van der Waals surface area contributed by atoms with Gasteiger partial charge in [0.05, 0.1) is 27.5 Å². The Kier molecular flexibility index (Phi) is 6.14. The number of thioether (sulfide) groups is 1. The first-order valence-corrected chi connectivity index (χ1v) is 12.6. The quantitative estimate of drug-likeness (QED) is 0.303. The number of amides is 2. The van der Waals surface area contributed by atoms with E-state index < -0.39 is 0 Å². The van der Waals surface area contributed by atoms with Crippen LogP contribution in [0.15, 0.2) is 83.2 Å². The fraction of sp³-hybridized carbons (Fsp3) is 0.167. The van der Waals surface area contributed by atoms with E-state index in [2.05, 4.69) is 18.7 Å². The first-order chi connectivity index (χ1) is 17.3. The lowest BCUT2D eigenvalue weighted by Crippen LogP contribution is -2.30. The highest BCUT2D eigenvalue weighted by atomic mass is 32.2. The van der Waals surface area contributed by atoms with Crippen molar-refractivity contribution in [2.24, 2.45) is 4.99 Å². The molecular formula is C30H27N3O2S. The maximum Gasteiger partial charge on any atom is 0.272 e. The molecule has 5 nitrogen and oxygen atoms in total. The third-order valence-corrected chi connectivity index (χ3v) is 7.18. The van der Waals surface area contributed by atoms with E-state index in [0.29, 0.717) is 22.2 Å². The molecule has 2 aliphatic rings. The maximum absolute atomic E-state index is 14.0. The molecule has 2 aliphatic heterocycles. The molecule has 2 amide bonds. The highest BCUT2D eigenvalue weighted by molar-refractivity contribution is 8.19. The third kappa shape index (κ3) is 4.18. The van der Waals surface area contributed by atoms with E-state index in [-0.39, 0.29) is 11.8 Å². The summed E-state index contributed by atoms with van der Waals surface area (Å²) in [5, 5.41) is 0.532. The summed E-state index contributed by atoms with van der Waals surface area (Å²) in [6, 6.07) is 19.7. The number of nitrogens with zero attached hydrogens (tertiary/aromatic N) is 3. The molecule has 0 bridgehead atoms. The molecule has 5 rings (SSSR count). The summed E-state index contributed by atoms with van der Waals surface area (Å²) in [4.78, 5) is 36.2. The van der Waals surface area contributed by atoms with Gasteiger partial charge in [-0.05, 0) is 92.0 Å². The fourth-order valence-electron chi connectivity index (χ4n) is 4.84. The molecule has 0 aromatic heterocycles. The van der Waals surface area contributed by atoms with Crippen LogP contribution in [0.1, 0.15) is 27.8 Å². The van der Waals surface area contributed by atoms with Crippen molar-refractivity contribution in [2.45, 2.75) is 27.7 Å². The third-order valence-electron chi connectivity index (χ3n) is 6.14. The predicted octanol–water partition coefficient (Wildman–Crippen LogP) is 6.63. The molecule has 0 N–H and O–H groups in total. The van der Waals surface area contributed by atoms with Crippen LogP contribution in [0.2, 0.25) is 0 Å². The van der Waals surface area contributed by atoms with E-state index in [4.69, 9.17) is 4.99 Å². The highest BCUT2D eigenvalue weighted by Gasteiger charge is 2.43. The monoisotopic (exact) mass is 493 g/mol. The largest absolute Gasteiger partial charge is 0.304 e. The Bertz CT molecular complexity index is 1460. The summed E-state index contributed by atoms with van der Waals surface area (Å²) >= 11 is 1.26. The van der Waals surface area contributed by atoms with Crippen molar-refractivity contribution in [1.29, 1.82) is 0 Å². The molecule has 0 radical (unpaired) electrons. The molecule has 0 aliphatic carbocycles. The van der Waals surface area contributed by atoms with Gasteiger partial charge in [0.2, 0.25) is 0 Å². The first-order valence-electron chi connectivity index (χ1n) is 11.8. The van der Waals surface area contributed by atoms with Gasteiger partial charge in [-0.2, -0.15) is 0 Å². The van der Waals surface area contributed by atoms with Gasteiger partial charge in [-0.15, -0.1) is 6.58 Å². The normalized spacial score (nSPS) is 18.4. The van der Waals surface area contributed by atoms with Crippen molar-refractivity contribution in [3.05, 3.63) is 106 Å². The lowest BCUT2D eigenvalue weighted by atomic mass is 10.1. The van der Waals surface area contributed by atoms with Gasteiger partial charge in [-0.1, -0.05) is 36.4 Å². The number of carbonyl (C=O) groups is 2. The number of fused-ring (bicyclic) bond motifs is 1. The maximum atomic E-state index is 14.0. The number of benzene rings is 3. The van der Waals surface area contributed by atoms with Crippen molar-refractivity contribution in [2.75, 3.05) is 16.3 Å². The molecule has 180 valence electrons. The van der Waals surface area contributed by atoms with Crippen LogP contribution >= 0.6 is 11.8 Å². The zero-order chi connectivity index (χ0) is 25.6. The van der Waals surface area contributed by atoms with Gasteiger partial charge in [0.25, 0.3) is 11.8 Å². The highest BCUT2D eigenvalue weighted by Crippen LogP contribution is 2.46. The summed E-state index contributed by atoms with van der Waals surface area (Å²) in [7, 11) is 0. The smallest absolute Gasteiger partial charge is 0.272 e. The average molecular weight is 494 g/mol. The van der Waals surface area contributed by atoms with Gasteiger partial charge >= 0.3 is 0 Å². The second-order valence-electron chi connectivity index (χ2n) is 9.25. The number of aliphatic imine (C=N–C) groups is 1. The number of hydrogen-bond donors (Lipinski definition) is 0. The lowest BCUT2D eigenvalue weighted by molar-refractivity contribution is -0.115. The Hall–Kier alpha value is -3.90. The number of hydrogen-bond acceptors (Lipinski definition) is 4. The molecule has 0 spiro atoms. The number of rotatable bonds is 4. The van der Waals surface area contributed by atoms with E-state index in [1.807, 2.05) is 76.2 Å². The topological polar surface area (TPSA) is 53.0 Å². The van der Waals surface area contributed by atoms with E-state index >= 15 is 0 Å². The molecule has 0 saturated carbocycles. The lowest BCUT2D eigenvalue weighted by Gasteiger charge is -2.17. The van der Waals surface area contributed by atoms with Gasteiger partial charge in [-0.3, -0.25) is 14.5 Å². The molecule has 6 heteroatoms. The number of aryl methyl sites for hydroxylation is 4. The standard InChI is InChI=1S/C30H27N3O2S/c1-6-11-32-25-10-8-7-9-24(25)26(28(32)34)27-29(35)33(23-16-20(4)13-21(5)17-23)30(36-27)31-22-14-18(2)12-19(3)15-22/h6-10,12-17H,1,11H2,2-5H3. The Labute approximate surface area is 215 Å². The number of amidine groups is 1. The SMILES string of the molecule is C=CCN1C(=O)C(=C2SC(=Nc3cc(C)cc(C)c3)N(c3cc(C)cc(C)c3)C2=O)c2ccccc21. The Morgan fingerprint density at radius 1 is 0.861 bits per heavy atom. The first kappa shape index (κ1) is 23.8. The van der Waals surface area contributed by atoms with Crippen molar-refractivity contribution in [3.63, 3.8) is 0 Å². The van der Waals surface area contributed by atoms with Crippen molar-refractivity contribution in [1.82, 2.24) is 0 Å². The fourth-order valence-corrected chi connectivity index (χ4v) is 5.93. The Morgan fingerprint density at radius 2 is 1.47 bits per heavy atom. The van der Waals surface area contributed by atoms with Gasteiger partial charge in [0, 0.05) is 12.1 Å². The molecule has 0 unspecified atom stereocenters. The van der Waals surface area contributed by atoms with Crippen LogP contribution in [-0.2, 0) is 9.59 Å². The van der Waals surface area contributed by atoms with E-state index in [0.717, 1.165) is 44.9 Å². The average Bonchev–Trinajstić information content (AvgIpc) is 3.26. The molecule has 1 fully saturated rings. The Balaban J connectivity index is 1.72. The molecule has 36 heavy (non-hydrogen) atoms. The summed E-state index contributed by atoms with van der Waals surface area (Å²) in [5.74, 6) is -0.438. The van der Waals surface area contributed by atoms with Crippen molar-refractivity contribution in [3.8, 4) is 0 Å². The predicted molar refractivity (Wildman–Crippen MR) is 150 cm³/mol. The summed E-state index contributed by atoms with van der Waals surface area (Å²) in [6.07, 6.45) is 1.70. The molecule has 3 aromatic rings. The summed E-state index contributed by atoms with van der Waals surface area (Å²) in [5.41, 5.74) is 7.77. The van der Waals surface area contributed by atoms with E-state index in [9.17, 15) is 9.59 Å². The minimum atomic E-state index is -0.244. The van der Waals surface area contributed by atoms with Crippen LogP contribution in [0.25, 0.3) is 5.57 Å².